The molecule has 55 heavy (non-hydrogen) atoms. The fourth-order valence-corrected chi connectivity index (χ4v) is 5.68. The fourth-order valence-electron chi connectivity index (χ4n) is 5.16. The van der Waals surface area contributed by atoms with E-state index in [-0.39, 0.29) is 42.0 Å². The van der Waals surface area contributed by atoms with Gasteiger partial charge in [0.15, 0.2) is 11.6 Å². The molecule has 0 aliphatic heterocycles. The zero-order valence-electron chi connectivity index (χ0n) is 32.3. The molecule has 6 N–H and O–H groups in total. The molecule has 0 fully saturated rings. The third-order valence-electron chi connectivity index (χ3n) is 7.93. The summed E-state index contributed by atoms with van der Waals surface area (Å²) in [6, 6.07) is 13.5. The van der Waals surface area contributed by atoms with E-state index >= 15 is 0 Å². The molecule has 0 heterocycles. The van der Waals surface area contributed by atoms with Gasteiger partial charge in [-0.1, -0.05) is 52.3 Å². The van der Waals surface area contributed by atoms with Crippen LogP contribution in [0.3, 0.4) is 0 Å². The summed E-state index contributed by atoms with van der Waals surface area (Å²) in [5, 5.41) is 23.9. The van der Waals surface area contributed by atoms with Crippen molar-refractivity contribution >= 4 is 57.2 Å². The monoisotopic (exact) mass is 827 g/mol. The molecule has 0 aromatic heterocycles. The highest BCUT2D eigenvalue weighted by Crippen LogP contribution is 2.27. The number of hydrogen-bond donors (Lipinski definition) is 5. The predicted molar refractivity (Wildman–Crippen MR) is 209 cm³/mol. The van der Waals surface area contributed by atoms with E-state index in [2.05, 4.69) is 26.6 Å². The maximum atomic E-state index is 11.7. The number of aromatic hydroxyl groups is 1. The number of aliphatic carboxylic acids is 1. The number of halogens is 1. The van der Waals surface area contributed by atoms with Gasteiger partial charge >= 0.3 is 17.9 Å². The number of phenols is 1. The van der Waals surface area contributed by atoms with E-state index in [4.69, 9.17) is 20.3 Å². The number of phenolic OH excluding ortho intramolecular Hbond substituents is 1. The van der Waals surface area contributed by atoms with Crippen molar-refractivity contribution in [3.8, 4) is 17.2 Å². The topological polar surface area (TPSA) is 228 Å². The number of nitrogens with one attached hydrogen (secondary N) is 2. The van der Waals surface area contributed by atoms with Crippen LogP contribution in [0.15, 0.2) is 54.6 Å². The minimum atomic E-state index is -1.06. The number of carbonyl (C=O) groups excluding carboxylic acids is 6. The number of carboxylic acid groups (broad SMARTS) is 1. The summed E-state index contributed by atoms with van der Waals surface area (Å²) in [6.07, 6.45) is 0.720. The number of alkyl halides is 1. The van der Waals surface area contributed by atoms with Crippen molar-refractivity contribution in [2.75, 3.05) is 0 Å². The number of aryl methyl sites for hydroxylation is 2. The number of amides is 2. The van der Waals surface area contributed by atoms with Gasteiger partial charge in [0.2, 0.25) is 11.8 Å². The Kier molecular flexibility index (Phi) is 20.2. The zero-order valence-corrected chi connectivity index (χ0v) is 33.9. The molecule has 0 aliphatic rings. The van der Waals surface area contributed by atoms with E-state index in [1.54, 1.807) is 30.3 Å². The molecule has 3 aromatic rings. The fraction of sp³-hybridized carbons (Fsp3) is 0.375. The molecule has 298 valence electrons. The molecular formula is C40H50BrN3O11. The Hall–Kier alpha value is -5.41. The molecule has 15 heteroatoms. The van der Waals surface area contributed by atoms with Crippen LogP contribution in [0.4, 0.5) is 0 Å². The third-order valence-corrected chi connectivity index (χ3v) is 8.53. The Morgan fingerprint density at radius 1 is 0.655 bits per heavy atom. The van der Waals surface area contributed by atoms with Gasteiger partial charge in [0, 0.05) is 63.4 Å². The van der Waals surface area contributed by atoms with Crippen LogP contribution < -0.4 is 25.8 Å². The number of ketones is 2. The summed E-state index contributed by atoms with van der Waals surface area (Å²) in [4.78, 5) is 78.5. The summed E-state index contributed by atoms with van der Waals surface area (Å²) in [5.41, 5.74) is 10.1. The highest BCUT2D eigenvalue weighted by Gasteiger charge is 2.22. The lowest BCUT2D eigenvalue weighted by molar-refractivity contribution is -0.138. The van der Waals surface area contributed by atoms with E-state index in [1.165, 1.54) is 47.6 Å². The molecular weight excluding hydrogens is 778 g/mol. The molecule has 3 atom stereocenters. The molecule has 0 radical (unpaired) electrons. The highest BCUT2D eigenvalue weighted by atomic mass is 79.9. The second kappa shape index (κ2) is 23.4. The van der Waals surface area contributed by atoms with Gasteiger partial charge in [-0.05, 0) is 68.1 Å². The molecule has 0 saturated carbocycles. The summed E-state index contributed by atoms with van der Waals surface area (Å²) < 4.78 is 10.3. The molecule has 0 aliphatic carbocycles. The van der Waals surface area contributed by atoms with E-state index in [1.807, 2.05) is 32.0 Å². The number of hydrogen-bond acceptors (Lipinski definition) is 11. The van der Waals surface area contributed by atoms with Gasteiger partial charge in [-0.2, -0.15) is 0 Å². The largest absolute Gasteiger partial charge is 0.508 e. The number of Topliss-reactive ketones (excluding diaryl/α,β-unsaturated/α-hetero) is 2. The molecule has 0 unspecified atom stereocenters. The molecule has 0 spiro atoms. The minimum Gasteiger partial charge on any atom is -0.508 e. The standard InChI is InChI=1S/C15H18BrNO4.C15H19NO4.C10H13NO3/c1-9(18)14(17-10(2)19)7-13-12(8-16)5-4-6-15(13)21-11(3)20;1-9-6-5-7-15(20-12(4)19)13(9)8-14(10(2)17)16-11(3)18;1-6-3-2-4-9(12)7(6)5-8(11)10(13)14/h4-6,14H,7-8H2,1-3H3,(H,17,19);5-7,14H,8H2,1-4H3,(H,16,18);2-4,8,12H,5,11H2,1H3,(H,13,14)/t2*14-;8-/m000/s1. The zero-order chi connectivity index (χ0) is 42.0. The normalized spacial score (nSPS) is 11.8. The quantitative estimate of drug-likeness (QED) is 0.0868. The van der Waals surface area contributed by atoms with Crippen LogP contribution in [0.25, 0.3) is 0 Å². The predicted octanol–water partition coefficient (Wildman–Crippen LogP) is 4.35. The molecule has 0 bridgehead atoms. The second-order valence-electron chi connectivity index (χ2n) is 12.6. The van der Waals surface area contributed by atoms with Crippen LogP contribution in [0, 0.1) is 13.8 Å². The lowest BCUT2D eigenvalue weighted by atomic mass is 9.98. The van der Waals surface area contributed by atoms with Gasteiger partial charge < -0.3 is 36.1 Å². The number of benzene rings is 3. The van der Waals surface area contributed by atoms with Gasteiger partial charge in [-0.15, -0.1) is 0 Å². The number of esters is 2. The van der Waals surface area contributed by atoms with Crippen molar-refractivity contribution < 1.29 is 53.2 Å². The number of rotatable bonds is 14. The first-order valence-corrected chi connectivity index (χ1v) is 18.2. The van der Waals surface area contributed by atoms with Crippen LogP contribution in [-0.4, -0.2) is 69.6 Å². The average molecular weight is 829 g/mol. The molecule has 14 nitrogen and oxygen atoms in total. The van der Waals surface area contributed by atoms with E-state index in [0.717, 1.165) is 27.8 Å². The Bertz CT molecular complexity index is 1840. The summed E-state index contributed by atoms with van der Waals surface area (Å²) in [5.74, 6) is -1.81. The summed E-state index contributed by atoms with van der Waals surface area (Å²) >= 11 is 3.37. The van der Waals surface area contributed by atoms with E-state index in [0.29, 0.717) is 28.8 Å². The number of ether oxygens (including phenoxy) is 2. The maximum Gasteiger partial charge on any atom is 0.320 e. The van der Waals surface area contributed by atoms with Gasteiger partial charge in [-0.25, -0.2) is 0 Å². The first-order valence-electron chi connectivity index (χ1n) is 17.1. The lowest BCUT2D eigenvalue weighted by Crippen LogP contribution is -2.40. The van der Waals surface area contributed by atoms with Crippen LogP contribution >= 0.6 is 15.9 Å². The Morgan fingerprint density at radius 2 is 1.07 bits per heavy atom. The lowest BCUT2D eigenvalue weighted by Gasteiger charge is -2.19. The van der Waals surface area contributed by atoms with Gasteiger partial charge in [-0.3, -0.25) is 33.6 Å². The van der Waals surface area contributed by atoms with Crippen LogP contribution in [0.5, 0.6) is 17.2 Å². The Balaban J connectivity index is 0.000000421. The van der Waals surface area contributed by atoms with Crippen LogP contribution in [0.1, 0.15) is 74.9 Å². The highest BCUT2D eigenvalue weighted by molar-refractivity contribution is 9.08. The van der Waals surface area contributed by atoms with Crippen molar-refractivity contribution in [3.63, 3.8) is 0 Å². The Morgan fingerprint density at radius 3 is 1.47 bits per heavy atom. The average Bonchev–Trinajstić information content (AvgIpc) is 3.07. The Labute approximate surface area is 329 Å². The summed E-state index contributed by atoms with van der Waals surface area (Å²) in [7, 11) is 0. The minimum absolute atomic E-state index is 0.0988. The van der Waals surface area contributed by atoms with Gasteiger partial charge in [0.05, 0.1) is 12.1 Å². The van der Waals surface area contributed by atoms with Gasteiger partial charge in [0.25, 0.3) is 0 Å². The SMILES string of the molecule is CC(=O)N[C@@H](Cc1c(C)cccc1OC(C)=O)C(C)=O.CC(=O)N[C@@H](Cc1c(CBr)cccc1OC(C)=O)C(C)=O.Cc1cccc(O)c1C[C@H](N)C(=O)O. The van der Waals surface area contributed by atoms with Crippen molar-refractivity contribution in [1.82, 2.24) is 10.6 Å². The van der Waals surface area contributed by atoms with Crippen molar-refractivity contribution in [2.45, 2.75) is 98.1 Å². The molecule has 3 rings (SSSR count). The molecule has 3 aromatic carbocycles. The van der Waals surface area contributed by atoms with Crippen molar-refractivity contribution in [2.24, 2.45) is 5.73 Å². The van der Waals surface area contributed by atoms with Crippen LogP contribution in [0.2, 0.25) is 0 Å². The second-order valence-corrected chi connectivity index (χ2v) is 13.2. The first kappa shape index (κ1) is 47.6. The van der Waals surface area contributed by atoms with Crippen LogP contribution in [-0.2, 0) is 58.2 Å². The third kappa shape index (κ3) is 17.1. The van der Waals surface area contributed by atoms with E-state index < -0.39 is 36.0 Å². The first-order chi connectivity index (χ1) is 25.7. The van der Waals surface area contributed by atoms with E-state index in [9.17, 15) is 38.7 Å². The smallest absolute Gasteiger partial charge is 0.320 e. The number of carbonyl (C=O) groups is 7. The molecule has 0 saturated heterocycles. The number of nitrogens with two attached hydrogens (primary N) is 1. The number of carboxylic acids is 1. The van der Waals surface area contributed by atoms with Gasteiger partial charge in [0.1, 0.15) is 23.3 Å². The summed E-state index contributed by atoms with van der Waals surface area (Å²) in [6.45, 7) is 11.9. The molecule has 2 amide bonds. The van der Waals surface area contributed by atoms with Crippen molar-refractivity contribution in [1.29, 1.82) is 0 Å². The maximum absolute atomic E-state index is 11.7. The van der Waals surface area contributed by atoms with Crippen molar-refractivity contribution in [3.05, 3.63) is 88.0 Å².